The Labute approximate surface area is 141 Å². The first-order valence-corrected chi connectivity index (χ1v) is 8.08. The van der Waals surface area contributed by atoms with E-state index in [-0.39, 0.29) is 11.6 Å². The Kier molecular flexibility index (Phi) is 4.65. The zero-order valence-corrected chi connectivity index (χ0v) is 15.1. The standard InChI is InChI=1S/C17H25NO6/c1-10-9-11(7-8-18(10)15(21)24-16(2,3)4)12-13(19)22-17(5,6)23-14(12)20/h10H,7-9H2,1-6H3/t10-/m0/s1. The summed E-state index contributed by atoms with van der Waals surface area (Å²) in [5.41, 5.74) is 0.0517. The van der Waals surface area contributed by atoms with Crippen LogP contribution in [0.2, 0.25) is 0 Å². The topological polar surface area (TPSA) is 82.1 Å². The first kappa shape index (κ1) is 18.3. The molecule has 7 nitrogen and oxygen atoms in total. The lowest BCUT2D eigenvalue weighted by Gasteiger charge is -2.37. The highest BCUT2D eigenvalue weighted by Gasteiger charge is 2.42. The maximum absolute atomic E-state index is 12.2. The van der Waals surface area contributed by atoms with Crippen molar-refractivity contribution in [2.75, 3.05) is 6.54 Å². The molecule has 2 saturated heterocycles. The highest BCUT2D eigenvalue weighted by Crippen LogP contribution is 2.31. The first-order chi connectivity index (χ1) is 10.9. The molecule has 0 N–H and O–H groups in total. The van der Waals surface area contributed by atoms with Gasteiger partial charge >= 0.3 is 18.0 Å². The summed E-state index contributed by atoms with van der Waals surface area (Å²) in [5, 5.41) is 0. The van der Waals surface area contributed by atoms with E-state index in [1.165, 1.54) is 13.8 Å². The van der Waals surface area contributed by atoms with Gasteiger partial charge in [-0.1, -0.05) is 0 Å². The summed E-state index contributed by atoms with van der Waals surface area (Å²) < 4.78 is 15.7. The summed E-state index contributed by atoms with van der Waals surface area (Å²) in [6, 6.07) is -0.188. The third-order valence-corrected chi connectivity index (χ3v) is 3.80. The number of hydrogen-bond acceptors (Lipinski definition) is 6. The van der Waals surface area contributed by atoms with Gasteiger partial charge in [0.2, 0.25) is 0 Å². The number of likely N-dealkylation sites (tertiary alicyclic amines) is 1. The molecule has 0 radical (unpaired) electrons. The Hall–Kier alpha value is -2.05. The van der Waals surface area contributed by atoms with E-state index in [2.05, 4.69) is 0 Å². The summed E-state index contributed by atoms with van der Waals surface area (Å²) in [5.74, 6) is -2.57. The summed E-state index contributed by atoms with van der Waals surface area (Å²) in [4.78, 5) is 38.1. The minimum atomic E-state index is -1.25. The van der Waals surface area contributed by atoms with Gasteiger partial charge in [0.1, 0.15) is 11.2 Å². The summed E-state index contributed by atoms with van der Waals surface area (Å²) in [6.45, 7) is 10.7. The molecule has 0 aromatic rings. The van der Waals surface area contributed by atoms with Gasteiger partial charge in [0.05, 0.1) is 0 Å². The van der Waals surface area contributed by atoms with Crippen LogP contribution in [0.4, 0.5) is 4.79 Å². The quantitative estimate of drug-likeness (QED) is 0.383. The summed E-state index contributed by atoms with van der Waals surface area (Å²) in [6.07, 6.45) is 0.414. The Bertz CT molecular complexity index is 577. The number of carbonyl (C=O) groups excluding carboxylic acids is 3. The second kappa shape index (κ2) is 6.11. The molecule has 0 spiro atoms. The largest absolute Gasteiger partial charge is 0.444 e. The smallest absolute Gasteiger partial charge is 0.410 e. The van der Waals surface area contributed by atoms with E-state index in [1.807, 2.05) is 27.7 Å². The van der Waals surface area contributed by atoms with Crippen LogP contribution in [0.5, 0.6) is 0 Å². The normalized spacial score (nSPS) is 24.4. The number of nitrogens with zero attached hydrogens (tertiary/aromatic N) is 1. The van der Waals surface area contributed by atoms with E-state index in [1.54, 1.807) is 4.90 Å². The molecule has 0 aliphatic carbocycles. The maximum Gasteiger partial charge on any atom is 0.410 e. The van der Waals surface area contributed by atoms with Gasteiger partial charge in [-0.2, -0.15) is 0 Å². The van der Waals surface area contributed by atoms with Gasteiger partial charge in [0, 0.05) is 26.4 Å². The van der Waals surface area contributed by atoms with Crippen molar-refractivity contribution in [3.05, 3.63) is 11.1 Å². The van der Waals surface area contributed by atoms with Crippen LogP contribution in [-0.2, 0) is 23.8 Å². The van der Waals surface area contributed by atoms with Crippen LogP contribution in [0.15, 0.2) is 11.1 Å². The highest BCUT2D eigenvalue weighted by atomic mass is 16.7. The molecular weight excluding hydrogens is 314 g/mol. The van der Waals surface area contributed by atoms with Crippen LogP contribution in [-0.4, -0.2) is 46.9 Å². The highest BCUT2D eigenvalue weighted by molar-refractivity contribution is 6.16. The second-order valence-corrected chi connectivity index (χ2v) is 7.63. The molecule has 0 aromatic heterocycles. The van der Waals surface area contributed by atoms with Crippen LogP contribution in [0.25, 0.3) is 0 Å². The molecule has 2 aliphatic rings. The van der Waals surface area contributed by atoms with Crippen molar-refractivity contribution in [3.63, 3.8) is 0 Å². The molecule has 7 heteroatoms. The third kappa shape index (κ3) is 4.07. The number of carbonyl (C=O) groups is 3. The number of rotatable bonds is 0. The zero-order valence-electron chi connectivity index (χ0n) is 15.1. The second-order valence-electron chi connectivity index (χ2n) is 7.63. The van der Waals surface area contributed by atoms with Gasteiger partial charge in [-0.25, -0.2) is 14.4 Å². The molecule has 134 valence electrons. The van der Waals surface area contributed by atoms with Gasteiger partial charge < -0.3 is 19.1 Å². The number of cyclic esters (lactones) is 2. The molecule has 2 rings (SSSR count). The van der Waals surface area contributed by atoms with Crippen molar-refractivity contribution < 1.29 is 28.6 Å². The monoisotopic (exact) mass is 339 g/mol. The maximum atomic E-state index is 12.2. The lowest BCUT2D eigenvalue weighted by Crippen LogP contribution is -2.47. The average molecular weight is 339 g/mol. The minimum Gasteiger partial charge on any atom is -0.444 e. The van der Waals surface area contributed by atoms with Gasteiger partial charge in [-0.05, 0) is 46.1 Å². The number of piperidine rings is 1. The first-order valence-electron chi connectivity index (χ1n) is 8.08. The molecule has 0 bridgehead atoms. The van der Waals surface area contributed by atoms with Crippen molar-refractivity contribution in [1.29, 1.82) is 0 Å². The number of amides is 1. The molecule has 24 heavy (non-hydrogen) atoms. The third-order valence-electron chi connectivity index (χ3n) is 3.80. The van der Waals surface area contributed by atoms with Crippen molar-refractivity contribution >= 4 is 18.0 Å². The number of esters is 2. The molecule has 1 atom stereocenters. The Morgan fingerprint density at radius 1 is 1.21 bits per heavy atom. The Morgan fingerprint density at radius 3 is 2.21 bits per heavy atom. The van der Waals surface area contributed by atoms with E-state index in [0.717, 1.165) is 0 Å². The number of ether oxygens (including phenoxy) is 3. The van der Waals surface area contributed by atoms with E-state index >= 15 is 0 Å². The molecular formula is C17H25NO6. The van der Waals surface area contributed by atoms with Crippen molar-refractivity contribution in [1.82, 2.24) is 4.90 Å². The van der Waals surface area contributed by atoms with E-state index in [0.29, 0.717) is 25.0 Å². The van der Waals surface area contributed by atoms with Gasteiger partial charge in [0.25, 0.3) is 5.79 Å². The summed E-state index contributed by atoms with van der Waals surface area (Å²) in [7, 11) is 0. The van der Waals surface area contributed by atoms with E-state index in [4.69, 9.17) is 14.2 Å². The fraction of sp³-hybridized carbons (Fsp3) is 0.706. The Balaban J connectivity index is 2.14. The minimum absolute atomic E-state index is 0.0370. The predicted molar refractivity (Wildman–Crippen MR) is 84.9 cm³/mol. The predicted octanol–water partition coefficient (Wildman–Crippen LogP) is 2.54. The van der Waals surface area contributed by atoms with Crippen LogP contribution >= 0.6 is 0 Å². The van der Waals surface area contributed by atoms with E-state index in [9.17, 15) is 14.4 Å². The van der Waals surface area contributed by atoms with Crippen LogP contribution in [0.3, 0.4) is 0 Å². The fourth-order valence-corrected chi connectivity index (χ4v) is 2.80. The van der Waals surface area contributed by atoms with Gasteiger partial charge in [-0.15, -0.1) is 0 Å². The average Bonchev–Trinajstić information content (AvgIpc) is 2.33. The molecule has 2 fully saturated rings. The number of hydrogen-bond donors (Lipinski definition) is 0. The molecule has 2 heterocycles. The van der Waals surface area contributed by atoms with Crippen molar-refractivity contribution in [3.8, 4) is 0 Å². The lowest BCUT2D eigenvalue weighted by molar-refractivity contribution is -0.222. The molecule has 0 aromatic carbocycles. The van der Waals surface area contributed by atoms with Crippen LogP contribution in [0.1, 0.15) is 54.4 Å². The van der Waals surface area contributed by atoms with Crippen LogP contribution in [0, 0.1) is 0 Å². The van der Waals surface area contributed by atoms with E-state index < -0.39 is 29.4 Å². The lowest BCUT2D eigenvalue weighted by atomic mass is 9.93. The van der Waals surface area contributed by atoms with Gasteiger partial charge in [0.15, 0.2) is 0 Å². The molecule has 0 saturated carbocycles. The fourth-order valence-electron chi connectivity index (χ4n) is 2.80. The summed E-state index contributed by atoms with van der Waals surface area (Å²) >= 11 is 0. The van der Waals surface area contributed by atoms with Crippen molar-refractivity contribution in [2.24, 2.45) is 0 Å². The van der Waals surface area contributed by atoms with Crippen molar-refractivity contribution in [2.45, 2.75) is 71.8 Å². The SMILES string of the molecule is C[C@H]1CC(=C2C(=O)OC(C)(C)OC2=O)CCN1C(=O)OC(C)(C)C. The molecule has 0 unspecified atom stereocenters. The molecule has 1 amide bonds. The Morgan fingerprint density at radius 2 is 1.75 bits per heavy atom. The van der Waals surface area contributed by atoms with Crippen LogP contribution < -0.4 is 0 Å². The van der Waals surface area contributed by atoms with Gasteiger partial charge in [-0.3, -0.25) is 0 Å². The zero-order chi connectivity index (χ0) is 18.3. The molecule has 2 aliphatic heterocycles.